The quantitative estimate of drug-likeness (QED) is 0.833. The summed E-state index contributed by atoms with van der Waals surface area (Å²) in [5.41, 5.74) is 2.50. The van der Waals surface area contributed by atoms with Crippen LogP contribution in [-0.2, 0) is 20.0 Å². The summed E-state index contributed by atoms with van der Waals surface area (Å²) in [6.45, 7) is 5.46. The van der Waals surface area contributed by atoms with Gasteiger partial charge in [-0.15, -0.1) is 0 Å². The van der Waals surface area contributed by atoms with E-state index in [2.05, 4.69) is 35.4 Å². The summed E-state index contributed by atoms with van der Waals surface area (Å²) in [4.78, 5) is 2.39. The molecule has 4 heteroatoms. The van der Waals surface area contributed by atoms with Gasteiger partial charge >= 0.3 is 0 Å². The third kappa shape index (κ3) is 3.30. The topological polar surface area (TPSA) is 33.1 Å². The van der Waals surface area contributed by atoms with Crippen molar-refractivity contribution in [2.45, 2.75) is 38.8 Å². The van der Waals surface area contributed by atoms with Gasteiger partial charge in [0, 0.05) is 26.2 Å². The number of aromatic nitrogens is 2. The van der Waals surface area contributed by atoms with Crippen LogP contribution in [0, 0.1) is 0 Å². The smallest absolute Gasteiger partial charge is 0.0625 e. The Morgan fingerprint density at radius 1 is 1.59 bits per heavy atom. The second-order valence-electron chi connectivity index (χ2n) is 5.09. The predicted octanol–water partition coefficient (Wildman–Crippen LogP) is 1.17. The third-order valence-corrected chi connectivity index (χ3v) is 3.52. The van der Waals surface area contributed by atoms with Crippen LogP contribution in [-0.4, -0.2) is 40.9 Å². The summed E-state index contributed by atoms with van der Waals surface area (Å²) >= 11 is 0. The van der Waals surface area contributed by atoms with Gasteiger partial charge in [0.2, 0.25) is 0 Å². The van der Waals surface area contributed by atoms with Gasteiger partial charge in [0.1, 0.15) is 0 Å². The van der Waals surface area contributed by atoms with Crippen LogP contribution in [0.25, 0.3) is 0 Å². The average Bonchev–Trinajstić information content (AvgIpc) is 2.89. The first kappa shape index (κ1) is 12.6. The van der Waals surface area contributed by atoms with Crippen LogP contribution in [0.1, 0.15) is 31.2 Å². The van der Waals surface area contributed by atoms with Crippen molar-refractivity contribution in [3.8, 4) is 0 Å². The lowest BCUT2D eigenvalue weighted by Crippen LogP contribution is -2.35. The molecule has 1 atom stereocenters. The van der Waals surface area contributed by atoms with Crippen LogP contribution < -0.4 is 5.32 Å². The minimum Gasteiger partial charge on any atom is -0.313 e. The van der Waals surface area contributed by atoms with E-state index in [1.165, 1.54) is 30.8 Å². The Labute approximate surface area is 104 Å². The highest BCUT2D eigenvalue weighted by atomic mass is 15.3. The fraction of sp³-hybridized carbons (Fsp3) is 0.769. The average molecular weight is 236 g/mol. The summed E-state index contributed by atoms with van der Waals surface area (Å²) in [5.74, 6) is 0. The van der Waals surface area contributed by atoms with E-state index in [0.717, 1.165) is 19.5 Å². The zero-order chi connectivity index (χ0) is 12.3. The monoisotopic (exact) mass is 236 g/mol. The van der Waals surface area contributed by atoms with Crippen molar-refractivity contribution in [1.29, 1.82) is 0 Å². The first-order valence-corrected chi connectivity index (χ1v) is 6.62. The maximum atomic E-state index is 4.49. The van der Waals surface area contributed by atoms with Gasteiger partial charge in [-0.1, -0.05) is 6.92 Å². The number of aryl methyl sites for hydroxylation is 2. The van der Waals surface area contributed by atoms with Crippen LogP contribution in [0.4, 0.5) is 0 Å². The fourth-order valence-electron chi connectivity index (χ4n) is 2.52. The van der Waals surface area contributed by atoms with Crippen molar-refractivity contribution in [3.05, 3.63) is 17.5 Å². The van der Waals surface area contributed by atoms with E-state index in [4.69, 9.17) is 0 Å². The highest BCUT2D eigenvalue weighted by Crippen LogP contribution is 2.10. The van der Waals surface area contributed by atoms with Crippen LogP contribution >= 0.6 is 0 Å². The molecular formula is C13H24N4. The molecule has 96 valence electrons. The summed E-state index contributed by atoms with van der Waals surface area (Å²) < 4.78 is 2.01. The number of hydrogen-bond donors (Lipinski definition) is 1. The highest BCUT2D eigenvalue weighted by Gasteiger charge is 2.16. The Hall–Kier alpha value is -0.870. The van der Waals surface area contributed by atoms with Gasteiger partial charge in [0.05, 0.1) is 11.4 Å². The Bertz CT molecular complexity index is 352. The molecule has 2 rings (SSSR count). The largest absolute Gasteiger partial charge is 0.313 e. The van der Waals surface area contributed by atoms with Gasteiger partial charge < -0.3 is 5.32 Å². The molecular weight excluding hydrogens is 212 g/mol. The van der Waals surface area contributed by atoms with E-state index >= 15 is 0 Å². The van der Waals surface area contributed by atoms with Gasteiger partial charge in [0.15, 0.2) is 0 Å². The SMILES string of the molecule is CCc1cc(CN(C)CC2CCCN2)n(C)n1. The summed E-state index contributed by atoms with van der Waals surface area (Å²) in [5, 5.41) is 8.03. The van der Waals surface area contributed by atoms with E-state index < -0.39 is 0 Å². The molecule has 0 aliphatic carbocycles. The molecule has 0 spiro atoms. The molecule has 1 aromatic rings. The van der Waals surface area contributed by atoms with Crippen molar-refractivity contribution in [3.63, 3.8) is 0 Å². The zero-order valence-corrected chi connectivity index (χ0v) is 11.2. The lowest BCUT2D eigenvalue weighted by atomic mass is 10.2. The van der Waals surface area contributed by atoms with Crippen molar-refractivity contribution in [2.24, 2.45) is 7.05 Å². The second-order valence-corrected chi connectivity index (χ2v) is 5.09. The van der Waals surface area contributed by atoms with Gasteiger partial charge in [-0.2, -0.15) is 5.10 Å². The molecule has 0 amide bonds. The summed E-state index contributed by atoms with van der Waals surface area (Å²) in [6.07, 6.45) is 3.65. The Morgan fingerprint density at radius 2 is 2.41 bits per heavy atom. The summed E-state index contributed by atoms with van der Waals surface area (Å²) in [7, 11) is 4.23. The van der Waals surface area contributed by atoms with Crippen molar-refractivity contribution >= 4 is 0 Å². The first-order valence-electron chi connectivity index (χ1n) is 6.62. The predicted molar refractivity (Wildman–Crippen MR) is 69.9 cm³/mol. The van der Waals surface area contributed by atoms with Crippen LogP contribution in [0.2, 0.25) is 0 Å². The van der Waals surface area contributed by atoms with E-state index in [-0.39, 0.29) is 0 Å². The van der Waals surface area contributed by atoms with Gasteiger partial charge in [0.25, 0.3) is 0 Å². The maximum Gasteiger partial charge on any atom is 0.0625 e. The molecule has 2 heterocycles. The number of hydrogen-bond acceptors (Lipinski definition) is 3. The summed E-state index contributed by atoms with van der Waals surface area (Å²) in [6, 6.07) is 2.90. The molecule has 17 heavy (non-hydrogen) atoms. The molecule has 1 aliphatic rings. The molecule has 0 saturated carbocycles. The molecule has 1 saturated heterocycles. The number of nitrogens with one attached hydrogen (secondary N) is 1. The molecule has 1 aromatic heterocycles. The normalized spacial score (nSPS) is 20.4. The maximum absolute atomic E-state index is 4.49. The van der Waals surface area contributed by atoms with Crippen LogP contribution in [0.5, 0.6) is 0 Å². The van der Waals surface area contributed by atoms with E-state index in [9.17, 15) is 0 Å². The van der Waals surface area contributed by atoms with E-state index in [0.29, 0.717) is 6.04 Å². The van der Waals surface area contributed by atoms with E-state index in [1.807, 2.05) is 11.7 Å². The number of likely N-dealkylation sites (N-methyl/N-ethyl adjacent to an activating group) is 1. The molecule has 1 aliphatic heterocycles. The lowest BCUT2D eigenvalue weighted by molar-refractivity contribution is 0.286. The highest BCUT2D eigenvalue weighted by molar-refractivity contribution is 5.10. The Balaban J connectivity index is 1.87. The minimum atomic E-state index is 0.680. The molecule has 4 nitrogen and oxygen atoms in total. The molecule has 1 N–H and O–H groups in total. The standard InChI is InChI=1S/C13H24N4/c1-4-11-8-13(17(3)15-11)10-16(2)9-12-6-5-7-14-12/h8,12,14H,4-7,9-10H2,1-3H3. The van der Waals surface area contributed by atoms with Crippen molar-refractivity contribution in [2.75, 3.05) is 20.1 Å². The zero-order valence-electron chi connectivity index (χ0n) is 11.2. The number of nitrogens with zero attached hydrogens (tertiary/aromatic N) is 3. The fourth-order valence-corrected chi connectivity index (χ4v) is 2.52. The lowest BCUT2D eigenvalue weighted by Gasteiger charge is -2.20. The Morgan fingerprint density at radius 3 is 3.00 bits per heavy atom. The van der Waals surface area contributed by atoms with Gasteiger partial charge in [-0.25, -0.2) is 0 Å². The van der Waals surface area contributed by atoms with Crippen LogP contribution in [0.15, 0.2) is 6.07 Å². The second kappa shape index (κ2) is 5.65. The molecule has 0 radical (unpaired) electrons. The first-order chi connectivity index (χ1) is 8.19. The van der Waals surface area contributed by atoms with Crippen molar-refractivity contribution < 1.29 is 0 Å². The molecule has 0 bridgehead atoms. The van der Waals surface area contributed by atoms with E-state index in [1.54, 1.807) is 0 Å². The molecule has 1 unspecified atom stereocenters. The molecule has 1 fully saturated rings. The third-order valence-electron chi connectivity index (χ3n) is 3.52. The number of rotatable bonds is 5. The van der Waals surface area contributed by atoms with Gasteiger partial charge in [-0.3, -0.25) is 9.58 Å². The van der Waals surface area contributed by atoms with Crippen molar-refractivity contribution in [1.82, 2.24) is 20.0 Å². The van der Waals surface area contributed by atoms with Crippen LogP contribution in [0.3, 0.4) is 0 Å². The minimum absolute atomic E-state index is 0.680. The van der Waals surface area contributed by atoms with Gasteiger partial charge in [-0.05, 0) is 38.9 Å². The molecule has 0 aromatic carbocycles. The Kier molecular flexibility index (Phi) is 4.18.